The third-order valence-corrected chi connectivity index (χ3v) is 4.55. The van der Waals surface area contributed by atoms with E-state index in [4.69, 9.17) is 4.74 Å². The second kappa shape index (κ2) is 4.87. The molecule has 0 spiro atoms. The first-order valence-electron chi connectivity index (χ1n) is 6.98. The van der Waals surface area contributed by atoms with Crippen LogP contribution in [0.4, 0.5) is 0 Å². The molecular weight excluding hydrogens is 212 g/mol. The van der Waals surface area contributed by atoms with E-state index < -0.39 is 0 Å². The van der Waals surface area contributed by atoms with Crippen molar-refractivity contribution in [2.45, 2.75) is 52.1 Å². The zero-order valence-corrected chi connectivity index (χ0v) is 11.9. The summed E-state index contributed by atoms with van der Waals surface area (Å²) in [5, 5.41) is 3.71. The number of nitrogens with zero attached hydrogens (tertiary/aromatic N) is 1. The molecule has 0 aliphatic carbocycles. The Bertz CT molecular complexity index is 237. The zero-order chi connectivity index (χ0) is 12.5. The normalized spacial score (nSPS) is 33.5. The lowest BCUT2D eigenvalue weighted by molar-refractivity contribution is -0.0619. The molecule has 3 nitrogen and oxygen atoms in total. The standard InChI is InChI=1S/C14H28N2O/c1-13(2)6-5-7-15-12(13)10-16-8-9-17-11-14(16,3)4/h12,15H,5-11H2,1-4H3. The maximum absolute atomic E-state index is 5.59. The third kappa shape index (κ3) is 3.01. The summed E-state index contributed by atoms with van der Waals surface area (Å²) >= 11 is 0. The molecule has 0 aromatic heterocycles. The summed E-state index contributed by atoms with van der Waals surface area (Å²) in [5.41, 5.74) is 0.611. The Hall–Kier alpha value is -0.120. The second-order valence-electron chi connectivity index (χ2n) is 6.91. The van der Waals surface area contributed by atoms with Crippen LogP contribution in [-0.2, 0) is 4.74 Å². The minimum absolute atomic E-state index is 0.188. The number of hydrogen-bond donors (Lipinski definition) is 1. The monoisotopic (exact) mass is 240 g/mol. The molecular formula is C14H28N2O. The summed E-state index contributed by atoms with van der Waals surface area (Å²) < 4.78 is 5.59. The highest BCUT2D eigenvalue weighted by molar-refractivity contribution is 4.94. The summed E-state index contributed by atoms with van der Waals surface area (Å²) in [4.78, 5) is 2.60. The Morgan fingerprint density at radius 2 is 2.06 bits per heavy atom. The fraction of sp³-hybridized carbons (Fsp3) is 1.00. The molecule has 2 fully saturated rings. The summed E-state index contributed by atoms with van der Waals surface area (Å²) in [6.45, 7) is 14.5. The van der Waals surface area contributed by atoms with Gasteiger partial charge in [0.15, 0.2) is 0 Å². The van der Waals surface area contributed by atoms with Gasteiger partial charge in [0.2, 0.25) is 0 Å². The molecule has 17 heavy (non-hydrogen) atoms. The van der Waals surface area contributed by atoms with E-state index in [-0.39, 0.29) is 5.54 Å². The smallest absolute Gasteiger partial charge is 0.0645 e. The van der Waals surface area contributed by atoms with Gasteiger partial charge in [-0.25, -0.2) is 0 Å². The predicted molar refractivity (Wildman–Crippen MR) is 71.3 cm³/mol. The molecule has 100 valence electrons. The van der Waals surface area contributed by atoms with Gasteiger partial charge in [-0.15, -0.1) is 0 Å². The van der Waals surface area contributed by atoms with Gasteiger partial charge in [-0.2, -0.15) is 0 Å². The van der Waals surface area contributed by atoms with Crippen LogP contribution in [-0.4, -0.2) is 49.3 Å². The van der Waals surface area contributed by atoms with E-state index >= 15 is 0 Å². The number of hydrogen-bond acceptors (Lipinski definition) is 3. The highest BCUT2D eigenvalue weighted by Gasteiger charge is 2.37. The zero-order valence-electron chi connectivity index (χ0n) is 11.9. The van der Waals surface area contributed by atoms with Gasteiger partial charge in [-0.1, -0.05) is 13.8 Å². The molecule has 2 heterocycles. The Morgan fingerprint density at radius 1 is 1.29 bits per heavy atom. The van der Waals surface area contributed by atoms with Crippen molar-refractivity contribution < 1.29 is 4.74 Å². The van der Waals surface area contributed by atoms with Gasteiger partial charge >= 0.3 is 0 Å². The largest absolute Gasteiger partial charge is 0.378 e. The molecule has 0 aromatic carbocycles. The molecule has 1 N–H and O–H groups in total. The maximum atomic E-state index is 5.59. The minimum Gasteiger partial charge on any atom is -0.378 e. The number of nitrogens with one attached hydrogen (secondary N) is 1. The van der Waals surface area contributed by atoms with Crippen molar-refractivity contribution in [3.8, 4) is 0 Å². The van der Waals surface area contributed by atoms with Crippen molar-refractivity contribution in [1.82, 2.24) is 10.2 Å². The molecule has 0 amide bonds. The Balaban J connectivity index is 1.99. The first-order chi connectivity index (χ1) is 7.92. The van der Waals surface area contributed by atoms with Crippen LogP contribution in [0.15, 0.2) is 0 Å². The number of piperidine rings is 1. The molecule has 0 radical (unpaired) electrons. The Labute approximate surface area is 106 Å². The first kappa shape index (κ1) is 13.3. The van der Waals surface area contributed by atoms with E-state index in [1.54, 1.807) is 0 Å². The average molecular weight is 240 g/mol. The van der Waals surface area contributed by atoms with Crippen molar-refractivity contribution >= 4 is 0 Å². The van der Waals surface area contributed by atoms with E-state index in [2.05, 4.69) is 37.9 Å². The Kier molecular flexibility index (Phi) is 3.81. The van der Waals surface area contributed by atoms with Gasteiger partial charge in [0.25, 0.3) is 0 Å². The van der Waals surface area contributed by atoms with Gasteiger partial charge < -0.3 is 10.1 Å². The Morgan fingerprint density at radius 3 is 2.71 bits per heavy atom. The van der Waals surface area contributed by atoms with Crippen LogP contribution in [0.5, 0.6) is 0 Å². The fourth-order valence-electron chi connectivity index (χ4n) is 3.03. The lowest BCUT2D eigenvalue weighted by atomic mass is 9.77. The molecule has 2 aliphatic heterocycles. The summed E-state index contributed by atoms with van der Waals surface area (Å²) in [6, 6.07) is 0.619. The molecule has 0 aromatic rings. The molecule has 0 bridgehead atoms. The molecule has 2 saturated heterocycles. The van der Waals surface area contributed by atoms with Gasteiger partial charge in [0.05, 0.1) is 13.2 Å². The molecule has 2 rings (SSSR count). The fourth-order valence-corrected chi connectivity index (χ4v) is 3.03. The van der Waals surface area contributed by atoms with Gasteiger partial charge in [-0.3, -0.25) is 4.90 Å². The quantitative estimate of drug-likeness (QED) is 0.797. The van der Waals surface area contributed by atoms with E-state index in [1.807, 2.05) is 0 Å². The lowest BCUT2D eigenvalue weighted by Crippen LogP contribution is -2.60. The number of morpholine rings is 1. The SMILES string of the molecule is CC1(C)CCCNC1CN1CCOCC1(C)C. The molecule has 2 aliphatic rings. The van der Waals surface area contributed by atoms with Crippen molar-refractivity contribution in [1.29, 1.82) is 0 Å². The minimum atomic E-state index is 0.188. The molecule has 1 atom stereocenters. The van der Waals surface area contributed by atoms with Crippen LogP contribution in [0.3, 0.4) is 0 Å². The summed E-state index contributed by atoms with van der Waals surface area (Å²) in [6.07, 6.45) is 2.66. The van der Waals surface area contributed by atoms with Crippen molar-refractivity contribution in [3.63, 3.8) is 0 Å². The number of rotatable bonds is 2. The van der Waals surface area contributed by atoms with Crippen LogP contribution in [0.1, 0.15) is 40.5 Å². The third-order valence-electron chi connectivity index (χ3n) is 4.55. The van der Waals surface area contributed by atoms with Crippen LogP contribution < -0.4 is 5.32 Å². The van der Waals surface area contributed by atoms with Crippen LogP contribution in [0, 0.1) is 5.41 Å². The highest BCUT2D eigenvalue weighted by Crippen LogP contribution is 2.32. The number of ether oxygens (including phenoxy) is 1. The van der Waals surface area contributed by atoms with E-state index in [1.165, 1.54) is 19.4 Å². The molecule has 1 unspecified atom stereocenters. The van der Waals surface area contributed by atoms with E-state index in [0.717, 1.165) is 26.3 Å². The van der Waals surface area contributed by atoms with E-state index in [0.29, 0.717) is 11.5 Å². The molecule has 0 saturated carbocycles. The maximum Gasteiger partial charge on any atom is 0.0645 e. The van der Waals surface area contributed by atoms with Crippen molar-refractivity contribution in [2.75, 3.05) is 32.8 Å². The topological polar surface area (TPSA) is 24.5 Å². The summed E-state index contributed by atoms with van der Waals surface area (Å²) in [7, 11) is 0. The van der Waals surface area contributed by atoms with Crippen LogP contribution >= 0.6 is 0 Å². The van der Waals surface area contributed by atoms with Gasteiger partial charge in [0, 0.05) is 24.7 Å². The van der Waals surface area contributed by atoms with E-state index in [9.17, 15) is 0 Å². The van der Waals surface area contributed by atoms with Crippen LogP contribution in [0.2, 0.25) is 0 Å². The molecule has 3 heteroatoms. The van der Waals surface area contributed by atoms with Crippen molar-refractivity contribution in [2.24, 2.45) is 5.41 Å². The van der Waals surface area contributed by atoms with Crippen molar-refractivity contribution in [3.05, 3.63) is 0 Å². The van der Waals surface area contributed by atoms with Crippen LogP contribution in [0.25, 0.3) is 0 Å². The highest BCUT2D eigenvalue weighted by atomic mass is 16.5. The average Bonchev–Trinajstić information content (AvgIpc) is 2.23. The second-order valence-corrected chi connectivity index (χ2v) is 6.91. The first-order valence-corrected chi connectivity index (χ1v) is 6.98. The van der Waals surface area contributed by atoms with Gasteiger partial charge in [0.1, 0.15) is 0 Å². The van der Waals surface area contributed by atoms with Gasteiger partial charge in [-0.05, 0) is 38.6 Å². The lowest BCUT2D eigenvalue weighted by Gasteiger charge is -2.48. The predicted octanol–water partition coefficient (Wildman–Crippen LogP) is 1.88. The summed E-state index contributed by atoms with van der Waals surface area (Å²) in [5.74, 6) is 0.